The van der Waals surface area contributed by atoms with Gasteiger partial charge in [0, 0.05) is 0 Å². The van der Waals surface area contributed by atoms with Gasteiger partial charge in [0.15, 0.2) is 0 Å². The summed E-state index contributed by atoms with van der Waals surface area (Å²) in [6, 6.07) is 2.00. The van der Waals surface area contributed by atoms with E-state index in [9.17, 15) is 4.79 Å². The quantitative estimate of drug-likeness (QED) is 0.436. The van der Waals surface area contributed by atoms with Gasteiger partial charge in [0.05, 0.1) is 11.5 Å². The number of ether oxygens (including phenoxy) is 1. The number of rotatable bonds is 7. The topological polar surface area (TPSA) is 65.2 Å². The second-order valence-electron chi connectivity index (χ2n) is 4.59. The number of aromatic nitrogens is 2. The van der Waals surface area contributed by atoms with Gasteiger partial charge in [0.2, 0.25) is 0 Å². The molecule has 2 aromatic heterocycles. The second-order valence-corrected chi connectivity index (χ2v) is 6.80. The molecule has 0 aliphatic heterocycles. The third kappa shape index (κ3) is 4.31. The number of thioether (sulfide) groups is 1. The normalized spacial score (nSPS) is 12.3. The Morgan fingerprint density at radius 3 is 3.00 bits per heavy atom. The molecule has 0 bridgehead atoms. The molecule has 1 atom stereocenters. The minimum absolute atomic E-state index is 0.250. The lowest BCUT2D eigenvalue weighted by molar-refractivity contribution is -0.142. The van der Waals surface area contributed by atoms with Crippen LogP contribution in [-0.4, -0.2) is 28.0 Å². The third-order valence-electron chi connectivity index (χ3n) is 2.81. The van der Waals surface area contributed by atoms with Gasteiger partial charge in [0.25, 0.3) is 11.1 Å². The third-order valence-corrected chi connectivity index (χ3v) is 4.73. The van der Waals surface area contributed by atoms with Crippen LogP contribution in [-0.2, 0) is 9.53 Å². The summed E-state index contributed by atoms with van der Waals surface area (Å²) in [6.45, 7) is 6.29. The monoisotopic (exact) mass is 326 g/mol. The molecule has 2 rings (SSSR count). The highest BCUT2D eigenvalue weighted by molar-refractivity contribution is 8.00. The molecule has 7 heteroatoms. The summed E-state index contributed by atoms with van der Waals surface area (Å²) in [5, 5.41) is 10.0. The van der Waals surface area contributed by atoms with Crippen molar-refractivity contribution in [2.75, 3.05) is 6.61 Å². The van der Waals surface area contributed by atoms with Gasteiger partial charge in [-0.3, -0.25) is 4.79 Å². The molecule has 2 heterocycles. The molecule has 114 valence electrons. The van der Waals surface area contributed by atoms with Crippen LogP contribution in [0, 0.1) is 6.92 Å². The van der Waals surface area contributed by atoms with Crippen LogP contribution in [0.1, 0.15) is 32.3 Å². The van der Waals surface area contributed by atoms with Gasteiger partial charge in [-0.2, -0.15) is 0 Å². The number of aryl methyl sites for hydroxylation is 1. The molecule has 2 aromatic rings. The highest BCUT2D eigenvalue weighted by Crippen LogP contribution is 2.31. The highest BCUT2D eigenvalue weighted by Gasteiger charge is 2.20. The van der Waals surface area contributed by atoms with Crippen molar-refractivity contribution in [2.45, 2.75) is 44.1 Å². The van der Waals surface area contributed by atoms with Crippen LogP contribution in [0.3, 0.4) is 0 Å². The molecule has 5 nitrogen and oxygen atoms in total. The van der Waals surface area contributed by atoms with E-state index in [1.165, 1.54) is 11.8 Å². The van der Waals surface area contributed by atoms with Crippen LogP contribution in [0.4, 0.5) is 0 Å². The molecule has 0 fully saturated rings. The van der Waals surface area contributed by atoms with Crippen molar-refractivity contribution in [3.8, 4) is 10.8 Å². The summed E-state index contributed by atoms with van der Waals surface area (Å²) >= 11 is 2.78. The standard InChI is InChI=1S/C14H18N2O3S2/c1-4-5-7-18-13(17)10(3)21-14-16-15-12(19-14)11-9(2)6-8-20-11/h6,8,10H,4-5,7H2,1-3H3. The number of thiophene rings is 1. The van der Waals surface area contributed by atoms with Crippen molar-refractivity contribution in [1.29, 1.82) is 0 Å². The molecule has 0 amide bonds. The van der Waals surface area contributed by atoms with Gasteiger partial charge >= 0.3 is 5.97 Å². The molecule has 0 spiro atoms. The number of hydrogen-bond donors (Lipinski definition) is 0. The Bertz CT molecular complexity index is 595. The Balaban J connectivity index is 1.93. The average Bonchev–Trinajstić information content (AvgIpc) is 3.07. The fourth-order valence-corrected chi connectivity index (χ4v) is 3.10. The lowest BCUT2D eigenvalue weighted by atomic mass is 10.3. The molecule has 0 aliphatic rings. The van der Waals surface area contributed by atoms with Gasteiger partial charge in [-0.15, -0.1) is 21.5 Å². The maximum Gasteiger partial charge on any atom is 0.319 e. The van der Waals surface area contributed by atoms with E-state index < -0.39 is 0 Å². The summed E-state index contributed by atoms with van der Waals surface area (Å²) in [7, 11) is 0. The number of unbranched alkanes of at least 4 members (excludes halogenated alkanes) is 1. The first kappa shape index (κ1) is 16.0. The van der Waals surface area contributed by atoms with E-state index in [4.69, 9.17) is 9.15 Å². The maximum atomic E-state index is 11.8. The first-order valence-electron chi connectivity index (χ1n) is 6.83. The zero-order valence-corrected chi connectivity index (χ0v) is 13.9. The van der Waals surface area contributed by atoms with E-state index in [2.05, 4.69) is 17.1 Å². The lowest BCUT2D eigenvalue weighted by Gasteiger charge is -2.08. The molecule has 0 aliphatic carbocycles. The molecule has 0 N–H and O–H groups in total. The van der Waals surface area contributed by atoms with Crippen LogP contribution >= 0.6 is 23.1 Å². The first-order valence-corrected chi connectivity index (χ1v) is 8.59. The van der Waals surface area contributed by atoms with Gasteiger partial charge in [-0.05, 0) is 37.3 Å². The number of hydrogen-bond acceptors (Lipinski definition) is 7. The van der Waals surface area contributed by atoms with E-state index >= 15 is 0 Å². The van der Waals surface area contributed by atoms with Crippen LogP contribution in [0.2, 0.25) is 0 Å². The predicted molar refractivity (Wildman–Crippen MR) is 83.5 cm³/mol. The van der Waals surface area contributed by atoms with Crippen molar-refractivity contribution in [1.82, 2.24) is 10.2 Å². The zero-order valence-electron chi connectivity index (χ0n) is 12.3. The number of carbonyl (C=O) groups is 1. The smallest absolute Gasteiger partial charge is 0.319 e. The summed E-state index contributed by atoms with van der Waals surface area (Å²) in [4.78, 5) is 12.7. The van der Waals surface area contributed by atoms with Crippen molar-refractivity contribution in [3.05, 3.63) is 17.0 Å². The maximum absolute atomic E-state index is 11.8. The van der Waals surface area contributed by atoms with Crippen LogP contribution in [0.5, 0.6) is 0 Å². The van der Waals surface area contributed by atoms with Crippen LogP contribution < -0.4 is 0 Å². The van der Waals surface area contributed by atoms with Crippen molar-refractivity contribution in [3.63, 3.8) is 0 Å². The van der Waals surface area contributed by atoms with E-state index in [1.54, 1.807) is 18.3 Å². The van der Waals surface area contributed by atoms with E-state index in [-0.39, 0.29) is 11.2 Å². The molecule has 0 saturated heterocycles. The summed E-state index contributed by atoms with van der Waals surface area (Å²) in [5.41, 5.74) is 1.10. The summed E-state index contributed by atoms with van der Waals surface area (Å²) in [5.74, 6) is 0.247. The molecule has 1 unspecified atom stereocenters. The Morgan fingerprint density at radius 2 is 2.33 bits per heavy atom. The van der Waals surface area contributed by atoms with Crippen LogP contribution in [0.25, 0.3) is 10.8 Å². The number of nitrogens with zero attached hydrogens (tertiary/aromatic N) is 2. The lowest BCUT2D eigenvalue weighted by Crippen LogP contribution is -2.17. The van der Waals surface area contributed by atoms with Crippen molar-refractivity contribution < 1.29 is 13.9 Å². The predicted octanol–water partition coefficient (Wildman–Crippen LogP) is 3.93. The minimum atomic E-state index is -0.361. The Hall–Kier alpha value is -1.34. The summed E-state index contributed by atoms with van der Waals surface area (Å²) < 4.78 is 10.8. The largest absolute Gasteiger partial charge is 0.465 e. The molecule has 0 saturated carbocycles. The van der Waals surface area contributed by atoms with Crippen LogP contribution in [0.15, 0.2) is 21.1 Å². The zero-order chi connectivity index (χ0) is 15.2. The SMILES string of the molecule is CCCCOC(=O)C(C)Sc1nnc(-c2sccc2C)o1. The average molecular weight is 326 g/mol. The molecular weight excluding hydrogens is 308 g/mol. The molecule has 21 heavy (non-hydrogen) atoms. The first-order chi connectivity index (χ1) is 10.1. The van der Waals surface area contributed by atoms with Gasteiger partial charge in [-0.1, -0.05) is 25.1 Å². The fraction of sp³-hybridized carbons (Fsp3) is 0.500. The highest BCUT2D eigenvalue weighted by atomic mass is 32.2. The van der Waals surface area contributed by atoms with Crippen molar-refractivity contribution >= 4 is 29.1 Å². The van der Waals surface area contributed by atoms with Crippen molar-refractivity contribution in [2.24, 2.45) is 0 Å². The second kappa shape index (κ2) is 7.61. The van der Waals surface area contributed by atoms with E-state index in [0.717, 1.165) is 23.3 Å². The minimum Gasteiger partial charge on any atom is -0.465 e. The fourth-order valence-electron chi connectivity index (χ4n) is 1.57. The molecular formula is C14H18N2O3S2. The Morgan fingerprint density at radius 1 is 1.52 bits per heavy atom. The van der Waals surface area contributed by atoms with E-state index in [1.807, 2.05) is 18.4 Å². The summed E-state index contributed by atoms with van der Waals surface area (Å²) in [6.07, 6.45) is 1.88. The van der Waals surface area contributed by atoms with Gasteiger partial charge < -0.3 is 9.15 Å². The number of carbonyl (C=O) groups excluding carboxylic acids is 1. The van der Waals surface area contributed by atoms with Gasteiger partial charge in [0.1, 0.15) is 5.25 Å². The Labute approximate surface area is 132 Å². The molecule has 0 radical (unpaired) electrons. The Kier molecular flexibility index (Phi) is 5.81. The molecule has 0 aromatic carbocycles. The number of esters is 1. The van der Waals surface area contributed by atoms with Gasteiger partial charge in [-0.25, -0.2) is 0 Å². The van der Waals surface area contributed by atoms with E-state index in [0.29, 0.717) is 17.7 Å².